The number of rotatable bonds is 0. The molecule has 0 aromatic heterocycles. The van der Waals surface area contributed by atoms with Crippen molar-refractivity contribution in [1.29, 1.82) is 0 Å². The smallest absolute Gasteiger partial charge is 0.209 e. The molecule has 0 bridgehead atoms. The van der Waals surface area contributed by atoms with Crippen molar-refractivity contribution >= 4 is 34.8 Å². The molecular weight excluding hydrogens is 255 g/mol. The molecule has 1 aromatic carbocycles. The van der Waals surface area contributed by atoms with Gasteiger partial charge in [-0.15, -0.1) is 0 Å². The van der Waals surface area contributed by atoms with E-state index >= 15 is 0 Å². The normalized spacial score (nSPS) is 14.8. The van der Waals surface area contributed by atoms with Gasteiger partial charge in [-0.05, 0) is 0 Å². The zero-order valence-corrected chi connectivity index (χ0v) is 9.13. The number of carbonyl (C=O) groups is 2. The lowest BCUT2D eigenvalue weighted by molar-refractivity contribution is 0.0985. The fourth-order valence-electron chi connectivity index (χ4n) is 1.47. The van der Waals surface area contributed by atoms with Crippen molar-refractivity contribution in [3.63, 3.8) is 0 Å². The number of ketones is 2. The lowest BCUT2D eigenvalue weighted by Crippen LogP contribution is -2.15. The van der Waals surface area contributed by atoms with Gasteiger partial charge in [0.2, 0.25) is 5.78 Å². The molecule has 1 aliphatic rings. The van der Waals surface area contributed by atoms with E-state index in [0.717, 1.165) is 12.1 Å². The number of benzene rings is 1. The van der Waals surface area contributed by atoms with E-state index in [0.29, 0.717) is 0 Å². The number of phenols is 2. The molecule has 6 heteroatoms. The molecule has 2 N–H and O–H groups in total. The molecule has 0 saturated carbocycles. The highest BCUT2D eigenvalue weighted by Crippen LogP contribution is 2.40. The Morgan fingerprint density at radius 2 is 1.69 bits per heavy atom. The lowest BCUT2D eigenvalue weighted by Gasteiger charge is -2.14. The van der Waals surface area contributed by atoms with Crippen LogP contribution in [0.4, 0.5) is 0 Å². The molecule has 0 fully saturated rings. The molecule has 4 nitrogen and oxygen atoms in total. The first-order chi connectivity index (χ1) is 7.43. The molecule has 2 rings (SSSR count). The van der Waals surface area contributed by atoms with Crippen LogP contribution < -0.4 is 0 Å². The average Bonchev–Trinajstić information content (AvgIpc) is 2.20. The minimum Gasteiger partial charge on any atom is -0.507 e. The van der Waals surface area contributed by atoms with E-state index in [1.54, 1.807) is 0 Å². The summed E-state index contributed by atoms with van der Waals surface area (Å²) >= 11 is 11.1. The topological polar surface area (TPSA) is 74.6 Å². The van der Waals surface area contributed by atoms with Gasteiger partial charge in [-0.3, -0.25) is 9.59 Å². The Morgan fingerprint density at radius 3 is 2.31 bits per heavy atom. The summed E-state index contributed by atoms with van der Waals surface area (Å²) in [6.45, 7) is 0. The van der Waals surface area contributed by atoms with Crippen molar-refractivity contribution < 1.29 is 19.8 Å². The minimum absolute atomic E-state index is 0.219. The molecule has 0 aliphatic heterocycles. The number of aromatic hydroxyl groups is 2. The van der Waals surface area contributed by atoms with Crippen LogP contribution in [0.1, 0.15) is 20.7 Å². The third kappa shape index (κ3) is 1.38. The zero-order valence-electron chi connectivity index (χ0n) is 7.62. The number of halogens is 2. The molecule has 82 valence electrons. The van der Waals surface area contributed by atoms with E-state index in [1.807, 2.05) is 0 Å². The summed E-state index contributed by atoms with van der Waals surface area (Å²) in [4.78, 5) is 23.1. The summed E-state index contributed by atoms with van der Waals surface area (Å²) in [5.74, 6) is -2.41. The van der Waals surface area contributed by atoms with Crippen molar-refractivity contribution in [2.45, 2.75) is 0 Å². The minimum atomic E-state index is -0.744. The van der Waals surface area contributed by atoms with Crippen LogP contribution in [0.5, 0.6) is 11.5 Å². The quantitative estimate of drug-likeness (QED) is 0.700. The van der Waals surface area contributed by atoms with E-state index < -0.39 is 23.1 Å². The van der Waals surface area contributed by atoms with Gasteiger partial charge in [-0.2, -0.15) is 0 Å². The van der Waals surface area contributed by atoms with Gasteiger partial charge in [-0.25, -0.2) is 0 Å². The number of hydrogen-bond donors (Lipinski definition) is 2. The highest BCUT2D eigenvalue weighted by Gasteiger charge is 2.31. The predicted octanol–water partition coefficient (Wildman–Crippen LogP) is 2.25. The van der Waals surface area contributed by atoms with Gasteiger partial charge >= 0.3 is 0 Å². The first kappa shape index (κ1) is 11.0. The average molecular weight is 259 g/mol. The highest BCUT2D eigenvalue weighted by atomic mass is 35.5. The molecule has 0 radical (unpaired) electrons. The Bertz CT molecular complexity index is 560. The fourth-order valence-corrected chi connectivity index (χ4v) is 1.86. The molecule has 1 aromatic rings. The SMILES string of the molecule is O=C1C=C(Cl)C(=O)c2c(O)c(Cl)cc(O)c21. The third-order valence-corrected chi connectivity index (χ3v) is 2.75. The van der Waals surface area contributed by atoms with Gasteiger partial charge in [0.1, 0.15) is 11.5 Å². The third-order valence-electron chi connectivity index (χ3n) is 2.18. The molecule has 0 heterocycles. The summed E-state index contributed by atoms with van der Waals surface area (Å²) in [5.41, 5.74) is -0.640. The van der Waals surface area contributed by atoms with Crippen LogP contribution in [0.15, 0.2) is 17.2 Å². The lowest BCUT2D eigenvalue weighted by atomic mass is 9.93. The van der Waals surface area contributed by atoms with E-state index in [2.05, 4.69) is 0 Å². The first-order valence-electron chi connectivity index (χ1n) is 4.14. The Kier molecular flexibility index (Phi) is 2.40. The van der Waals surface area contributed by atoms with Crippen LogP contribution in [-0.4, -0.2) is 21.8 Å². The van der Waals surface area contributed by atoms with Gasteiger partial charge < -0.3 is 10.2 Å². The number of Topliss-reactive ketones (excluding diaryl/α,β-unsaturated/α-hetero) is 1. The first-order valence-corrected chi connectivity index (χ1v) is 4.89. The van der Waals surface area contributed by atoms with E-state index in [9.17, 15) is 19.8 Å². The Hall–Kier alpha value is -1.52. The summed E-state index contributed by atoms with van der Waals surface area (Å²) in [7, 11) is 0. The van der Waals surface area contributed by atoms with Gasteiger partial charge in [0.05, 0.1) is 21.2 Å². The van der Waals surface area contributed by atoms with Gasteiger partial charge in [-0.1, -0.05) is 23.2 Å². The van der Waals surface area contributed by atoms with Crippen LogP contribution in [-0.2, 0) is 0 Å². The van der Waals surface area contributed by atoms with Crippen molar-refractivity contribution in [3.8, 4) is 11.5 Å². The number of allylic oxidation sites excluding steroid dienone is 2. The van der Waals surface area contributed by atoms with Crippen LogP contribution >= 0.6 is 23.2 Å². The summed E-state index contributed by atoms with van der Waals surface area (Å²) in [6.07, 6.45) is 0.888. The maximum atomic E-state index is 11.6. The number of fused-ring (bicyclic) bond motifs is 1. The summed E-state index contributed by atoms with van der Waals surface area (Å²) in [5, 5.41) is 18.5. The number of hydrogen-bond acceptors (Lipinski definition) is 4. The summed E-state index contributed by atoms with van der Waals surface area (Å²) in [6, 6.07) is 0.994. The zero-order chi connectivity index (χ0) is 12.0. The predicted molar refractivity (Wildman–Crippen MR) is 57.4 cm³/mol. The van der Waals surface area contributed by atoms with Gasteiger partial charge in [0.25, 0.3) is 0 Å². The second-order valence-corrected chi connectivity index (χ2v) is 3.98. The maximum Gasteiger partial charge on any atom is 0.209 e. The summed E-state index contributed by atoms with van der Waals surface area (Å²) < 4.78 is 0. The van der Waals surface area contributed by atoms with E-state index in [4.69, 9.17) is 23.2 Å². The molecule has 0 unspecified atom stereocenters. The Morgan fingerprint density at radius 1 is 1.06 bits per heavy atom. The Balaban J connectivity index is 2.87. The molecule has 0 saturated heterocycles. The number of phenolic OH excluding ortho intramolecular Hbond substituents is 2. The Labute approximate surface area is 99.7 Å². The second-order valence-electron chi connectivity index (χ2n) is 3.16. The number of carbonyl (C=O) groups excluding carboxylic acids is 2. The molecule has 0 atom stereocenters. The van der Waals surface area contributed by atoms with Crippen LogP contribution in [0.2, 0.25) is 5.02 Å². The molecule has 1 aliphatic carbocycles. The van der Waals surface area contributed by atoms with E-state index in [1.165, 1.54) is 0 Å². The van der Waals surface area contributed by atoms with Crippen molar-refractivity contribution in [2.24, 2.45) is 0 Å². The molecular formula is C10H4Cl2O4. The van der Waals surface area contributed by atoms with Crippen molar-refractivity contribution in [1.82, 2.24) is 0 Å². The van der Waals surface area contributed by atoms with Crippen molar-refractivity contribution in [2.75, 3.05) is 0 Å². The fraction of sp³-hybridized carbons (Fsp3) is 0. The molecule has 16 heavy (non-hydrogen) atoms. The van der Waals surface area contributed by atoms with Gasteiger partial charge in [0.15, 0.2) is 5.78 Å². The van der Waals surface area contributed by atoms with Crippen LogP contribution in [0.25, 0.3) is 0 Å². The molecule has 0 amide bonds. The maximum absolute atomic E-state index is 11.6. The van der Waals surface area contributed by atoms with E-state index in [-0.39, 0.29) is 21.2 Å². The monoisotopic (exact) mass is 258 g/mol. The second kappa shape index (κ2) is 3.50. The van der Waals surface area contributed by atoms with Crippen LogP contribution in [0, 0.1) is 0 Å². The standard InChI is InChI=1S/C10H4Cl2O4/c11-3-1-5(13)7-6(14)2-4(12)10(16)8(7)9(3)15/h1-2,13,15H. The van der Waals surface area contributed by atoms with Crippen molar-refractivity contribution in [3.05, 3.63) is 33.3 Å². The highest BCUT2D eigenvalue weighted by molar-refractivity contribution is 6.50. The van der Waals surface area contributed by atoms with Gasteiger partial charge in [0, 0.05) is 12.1 Å². The largest absolute Gasteiger partial charge is 0.507 e. The van der Waals surface area contributed by atoms with Crippen LogP contribution in [0.3, 0.4) is 0 Å². The molecule has 0 spiro atoms.